The number of carbonyl (C=O) groups excluding carboxylic acids is 2. The van der Waals surface area contributed by atoms with Crippen LogP contribution in [0.1, 0.15) is 16.1 Å². The summed E-state index contributed by atoms with van der Waals surface area (Å²) in [6.07, 6.45) is 1.56. The molecule has 0 aliphatic rings. The van der Waals surface area contributed by atoms with Gasteiger partial charge in [-0.3, -0.25) is 9.59 Å². The fraction of sp³-hybridized carbons (Fsp3) is 0.154. The van der Waals surface area contributed by atoms with Crippen LogP contribution < -0.4 is 15.1 Å². The van der Waals surface area contributed by atoms with Gasteiger partial charge in [0.2, 0.25) is 5.91 Å². The number of para-hydroxylation sites is 1. The number of hydrogen-bond acceptors (Lipinski definition) is 4. The Bertz CT molecular complexity index is 1230. The molecule has 32 heavy (non-hydrogen) atoms. The Labute approximate surface area is 187 Å². The first-order valence-corrected chi connectivity index (χ1v) is 10.4. The second-order valence-corrected chi connectivity index (χ2v) is 7.62. The van der Waals surface area contributed by atoms with Gasteiger partial charge in [-0.15, -0.1) is 0 Å². The maximum absolute atomic E-state index is 13.0. The summed E-state index contributed by atoms with van der Waals surface area (Å²) in [7, 11) is 3.58. The van der Waals surface area contributed by atoms with Crippen molar-refractivity contribution in [2.75, 3.05) is 30.4 Å². The van der Waals surface area contributed by atoms with E-state index in [9.17, 15) is 9.59 Å². The lowest BCUT2D eigenvalue weighted by Crippen LogP contribution is -2.38. The van der Waals surface area contributed by atoms with E-state index >= 15 is 0 Å². The van der Waals surface area contributed by atoms with Crippen LogP contribution in [0.25, 0.3) is 10.8 Å². The Balaban J connectivity index is 1.46. The molecule has 162 valence electrons. The monoisotopic (exact) mass is 427 g/mol. The van der Waals surface area contributed by atoms with Crippen molar-refractivity contribution in [1.82, 2.24) is 5.32 Å². The largest absolute Gasteiger partial charge is 0.467 e. The van der Waals surface area contributed by atoms with E-state index in [1.54, 1.807) is 43.6 Å². The van der Waals surface area contributed by atoms with Gasteiger partial charge in [0.05, 0.1) is 30.6 Å². The average molecular weight is 428 g/mol. The maximum atomic E-state index is 13.0. The van der Waals surface area contributed by atoms with Crippen LogP contribution in [0.4, 0.5) is 11.4 Å². The Morgan fingerprint density at radius 2 is 1.62 bits per heavy atom. The second-order valence-electron chi connectivity index (χ2n) is 7.62. The predicted octanol–water partition coefficient (Wildman–Crippen LogP) is 4.46. The quantitative estimate of drug-likeness (QED) is 0.473. The number of nitrogens with zero attached hydrogens (tertiary/aromatic N) is 2. The molecule has 6 nitrogen and oxygen atoms in total. The predicted molar refractivity (Wildman–Crippen MR) is 127 cm³/mol. The van der Waals surface area contributed by atoms with Crippen LogP contribution in [-0.2, 0) is 11.3 Å². The first kappa shape index (κ1) is 21.2. The first-order valence-electron chi connectivity index (χ1n) is 10.4. The Morgan fingerprint density at radius 3 is 2.41 bits per heavy atom. The molecule has 0 radical (unpaired) electrons. The first-order chi connectivity index (χ1) is 15.5. The van der Waals surface area contributed by atoms with Crippen LogP contribution >= 0.6 is 0 Å². The van der Waals surface area contributed by atoms with Crippen molar-refractivity contribution < 1.29 is 14.0 Å². The van der Waals surface area contributed by atoms with E-state index in [1.807, 2.05) is 42.3 Å². The van der Waals surface area contributed by atoms with Crippen molar-refractivity contribution >= 4 is 34.0 Å². The van der Waals surface area contributed by atoms with E-state index in [2.05, 4.69) is 23.5 Å². The minimum atomic E-state index is -0.264. The highest BCUT2D eigenvalue weighted by atomic mass is 16.3. The molecule has 0 aliphatic heterocycles. The number of fused-ring (bicyclic) bond motifs is 1. The molecule has 0 atom stereocenters. The third kappa shape index (κ3) is 4.64. The Hall–Kier alpha value is -4.06. The summed E-state index contributed by atoms with van der Waals surface area (Å²) in [5.41, 5.74) is 1.94. The van der Waals surface area contributed by atoms with Gasteiger partial charge in [-0.05, 0) is 47.2 Å². The number of benzene rings is 3. The summed E-state index contributed by atoms with van der Waals surface area (Å²) in [5, 5.41) is 5.11. The minimum Gasteiger partial charge on any atom is -0.467 e. The molecule has 0 bridgehead atoms. The van der Waals surface area contributed by atoms with Gasteiger partial charge in [-0.1, -0.05) is 42.5 Å². The molecule has 4 aromatic rings. The van der Waals surface area contributed by atoms with Crippen LogP contribution in [0.3, 0.4) is 0 Å². The number of rotatable bonds is 7. The standard InChI is InChI=1S/C26H25N3O3/c1-28(21-14-13-19-8-3-4-9-20(19)16-21)18-25(30)29(2)24-12-6-5-11-23(24)26(31)27-17-22-10-7-15-32-22/h3-16H,17-18H2,1-2H3,(H,27,31). The van der Waals surface area contributed by atoms with Crippen molar-refractivity contribution in [2.24, 2.45) is 0 Å². The zero-order chi connectivity index (χ0) is 22.5. The molecule has 1 N–H and O–H groups in total. The van der Waals surface area contributed by atoms with Crippen LogP contribution in [-0.4, -0.2) is 32.5 Å². The fourth-order valence-corrected chi connectivity index (χ4v) is 3.58. The molecule has 0 unspecified atom stereocenters. The molecule has 3 aromatic carbocycles. The van der Waals surface area contributed by atoms with Crippen LogP contribution in [0.15, 0.2) is 89.5 Å². The molecular formula is C26H25N3O3. The summed E-state index contributed by atoms with van der Waals surface area (Å²) >= 11 is 0. The topological polar surface area (TPSA) is 65.8 Å². The van der Waals surface area contributed by atoms with E-state index in [-0.39, 0.29) is 24.9 Å². The lowest BCUT2D eigenvalue weighted by molar-refractivity contribution is -0.117. The zero-order valence-corrected chi connectivity index (χ0v) is 18.1. The van der Waals surface area contributed by atoms with Crippen molar-refractivity contribution in [3.63, 3.8) is 0 Å². The van der Waals surface area contributed by atoms with Crippen molar-refractivity contribution in [2.45, 2.75) is 6.54 Å². The Kier molecular flexibility index (Phi) is 6.22. The van der Waals surface area contributed by atoms with E-state index in [4.69, 9.17) is 4.42 Å². The van der Waals surface area contributed by atoms with Gasteiger partial charge in [0.1, 0.15) is 5.76 Å². The lowest BCUT2D eigenvalue weighted by atomic mass is 10.1. The van der Waals surface area contributed by atoms with Crippen molar-refractivity contribution in [1.29, 1.82) is 0 Å². The molecule has 4 rings (SSSR count). The van der Waals surface area contributed by atoms with Gasteiger partial charge in [0.25, 0.3) is 5.91 Å². The molecule has 0 saturated heterocycles. The summed E-state index contributed by atoms with van der Waals surface area (Å²) in [6.45, 7) is 0.458. The number of likely N-dealkylation sites (N-methyl/N-ethyl adjacent to an activating group) is 2. The molecule has 0 spiro atoms. The average Bonchev–Trinajstić information content (AvgIpc) is 3.35. The van der Waals surface area contributed by atoms with Gasteiger partial charge in [0, 0.05) is 19.8 Å². The van der Waals surface area contributed by atoms with Crippen molar-refractivity contribution in [3.05, 3.63) is 96.4 Å². The van der Waals surface area contributed by atoms with Gasteiger partial charge in [-0.2, -0.15) is 0 Å². The third-order valence-corrected chi connectivity index (χ3v) is 5.43. The van der Waals surface area contributed by atoms with Crippen molar-refractivity contribution in [3.8, 4) is 0 Å². The number of anilines is 2. The van der Waals surface area contributed by atoms with Crippen LogP contribution in [0.2, 0.25) is 0 Å². The SMILES string of the molecule is CN(CC(=O)N(C)c1ccccc1C(=O)NCc1ccco1)c1ccc2ccccc2c1. The lowest BCUT2D eigenvalue weighted by Gasteiger charge is -2.25. The van der Waals surface area contributed by atoms with Gasteiger partial charge >= 0.3 is 0 Å². The molecule has 2 amide bonds. The Morgan fingerprint density at radius 1 is 0.875 bits per heavy atom. The molecular weight excluding hydrogens is 402 g/mol. The summed E-state index contributed by atoms with van der Waals surface area (Å²) in [6, 6.07) is 24.9. The highest BCUT2D eigenvalue weighted by molar-refractivity contribution is 6.05. The minimum absolute atomic E-state index is 0.119. The van der Waals surface area contributed by atoms with E-state index in [1.165, 1.54) is 4.90 Å². The number of carbonyl (C=O) groups is 2. The van der Waals surface area contributed by atoms with Crippen LogP contribution in [0.5, 0.6) is 0 Å². The maximum Gasteiger partial charge on any atom is 0.253 e. The van der Waals surface area contributed by atoms with E-state index in [0.29, 0.717) is 17.0 Å². The second kappa shape index (κ2) is 9.39. The van der Waals surface area contributed by atoms with Gasteiger partial charge in [0.15, 0.2) is 0 Å². The van der Waals surface area contributed by atoms with Gasteiger partial charge < -0.3 is 19.5 Å². The fourth-order valence-electron chi connectivity index (χ4n) is 3.58. The van der Waals surface area contributed by atoms with Gasteiger partial charge in [-0.25, -0.2) is 0 Å². The number of hydrogen-bond donors (Lipinski definition) is 1. The molecule has 0 aliphatic carbocycles. The zero-order valence-electron chi connectivity index (χ0n) is 18.1. The smallest absolute Gasteiger partial charge is 0.253 e. The summed E-state index contributed by atoms with van der Waals surface area (Å²) in [4.78, 5) is 29.2. The number of furan rings is 1. The molecule has 0 fully saturated rings. The molecule has 0 saturated carbocycles. The van der Waals surface area contributed by atoms with Crippen LogP contribution in [0, 0.1) is 0 Å². The molecule has 1 heterocycles. The highest BCUT2D eigenvalue weighted by Crippen LogP contribution is 2.23. The molecule has 6 heteroatoms. The summed E-state index contributed by atoms with van der Waals surface area (Å²) < 4.78 is 5.26. The summed E-state index contributed by atoms with van der Waals surface area (Å²) in [5.74, 6) is 0.281. The highest BCUT2D eigenvalue weighted by Gasteiger charge is 2.20. The number of amides is 2. The van der Waals surface area contributed by atoms with E-state index < -0.39 is 0 Å². The third-order valence-electron chi connectivity index (χ3n) is 5.43. The van der Waals surface area contributed by atoms with E-state index in [0.717, 1.165) is 16.5 Å². The molecule has 1 aromatic heterocycles. The number of nitrogens with one attached hydrogen (secondary N) is 1. The normalized spacial score (nSPS) is 10.7.